The SMILES string of the molecule is CC1=NO[C@@]2(C)NC(=O)C[C@H](c3ccc(Br)cc3)[C@@H]12. The molecule has 1 fully saturated rings. The molecule has 3 rings (SSSR count). The highest BCUT2D eigenvalue weighted by Gasteiger charge is 2.52. The molecule has 0 spiro atoms. The van der Waals surface area contributed by atoms with E-state index >= 15 is 0 Å². The number of nitrogens with one attached hydrogen (secondary N) is 1. The molecule has 1 aromatic rings. The van der Waals surface area contributed by atoms with Crippen LogP contribution < -0.4 is 5.32 Å². The zero-order chi connectivity index (χ0) is 13.6. The van der Waals surface area contributed by atoms with E-state index in [2.05, 4.69) is 38.5 Å². The fourth-order valence-corrected chi connectivity index (χ4v) is 3.38. The van der Waals surface area contributed by atoms with Gasteiger partial charge in [0, 0.05) is 16.8 Å². The van der Waals surface area contributed by atoms with E-state index in [1.807, 2.05) is 26.0 Å². The molecule has 0 unspecified atom stereocenters. The zero-order valence-electron chi connectivity index (χ0n) is 10.8. The lowest BCUT2D eigenvalue weighted by Gasteiger charge is -2.39. The minimum atomic E-state index is -0.711. The third-order valence-corrected chi connectivity index (χ3v) is 4.44. The Bertz CT molecular complexity index is 555. The highest BCUT2D eigenvalue weighted by atomic mass is 79.9. The number of nitrogens with zero attached hydrogens (tertiary/aromatic N) is 1. The van der Waals surface area contributed by atoms with Crippen molar-refractivity contribution in [1.29, 1.82) is 0 Å². The minimum absolute atomic E-state index is 0.0107. The van der Waals surface area contributed by atoms with Crippen LogP contribution in [0.2, 0.25) is 0 Å². The van der Waals surface area contributed by atoms with Crippen molar-refractivity contribution in [1.82, 2.24) is 5.32 Å². The summed E-state index contributed by atoms with van der Waals surface area (Å²) >= 11 is 3.43. The van der Waals surface area contributed by atoms with Crippen LogP contribution in [-0.4, -0.2) is 17.3 Å². The minimum Gasteiger partial charge on any atom is -0.367 e. The molecule has 5 heteroatoms. The monoisotopic (exact) mass is 322 g/mol. The topological polar surface area (TPSA) is 50.7 Å². The third-order valence-electron chi connectivity index (χ3n) is 3.92. The first-order valence-electron chi connectivity index (χ1n) is 6.29. The molecule has 100 valence electrons. The summed E-state index contributed by atoms with van der Waals surface area (Å²) in [7, 11) is 0. The summed E-state index contributed by atoms with van der Waals surface area (Å²) in [5, 5.41) is 6.98. The molecule has 4 nitrogen and oxygen atoms in total. The van der Waals surface area contributed by atoms with Gasteiger partial charge in [0.15, 0.2) is 0 Å². The Hall–Kier alpha value is -1.36. The van der Waals surface area contributed by atoms with Gasteiger partial charge in [-0.05, 0) is 31.5 Å². The second-order valence-corrected chi connectivity index (χ2v) is 6.23. The largest absolute Gasteiger partial charge is 0.367 e. The van der Waals surface area contributed by atoms with Crippen molar-refractivity contribution in [3.8, 4) is 0 Å². The van der Waals surface area contributed by atoms with Crippen molar-refractivity contribution >= 4 is 27.5 Å². The maximum Gasteiger partial charge on any atom is 0.223 e. The van der Waals surface area contributed by atoms with Gasteiger partial charge in [0.1, 0.15) is 0 Å². The number of hydrogen-bond donors (Lipinski definition) is 1. The number of carbonyl (C=O) groups excluding carboxylic acids is 1. The smallest absolute Gasteiger partial charge is 0.223 e. The summed E-state index contributed by atoms with van der Waals surface area (Å²) in [6.45, 7) is 3.85. The van der Waals surface area contributed by atoms with E-state index in [4.69, 9.17) is 4.84 Å². The van der Waals surface area contributed by atoms with Gasteiger partial charge < -0.3 is 10.2 Å². The van der Waals surface area contributed by atoms with Crippen LogP contribution in [-0.2, 0) is 9.63 Å². The zero-order valence-corrected chi connectivity index (χ0v) is 12.4. The number of fused-ring (bicyclic) bond motifs is 1. The molecule has 0 saturated carbocycles. The number of halogens is 1. The number of benzene rings is 1. The second-order valence-electron chi connectivity index (χ2n) is 5.32. The first-order valence-corrected chi connectivity index (χ1v) is 7.08. The molecule has 1 aromatic carbocycles. The lowest BCUT2D eigenvalue weighted by molar-refractivity contribution is -0.141. The fourth-order valence-electron chi connectivity index (χ4n) is 3.12. The highest BCUT2D eigenvalue weighted by Crippen LogP contribution is 2.43. The molecule has 1 N–H and O–H groups in total. The quantitative estimate of drug-likeness (QED) is 0.864. The molecule has 3 atom stereocenters. The van der Waals surface area contributed by atoms with Gasteiger partial charge in [0.2, 0.25) is 11.6 Å². The van der Waals surface area contributed by atoms with Gasteiger partial charge in [-0.3, -0.25) is 4.79 Å². The lowest BCUT2D eigenvalue weighted by Crippen LogP contribution is -2.58. The van der Waals surface area contributed by atoms with Crippen LogP contribution in [0, 0.1) is 5.92 Å². The van der Waals surface area contributed by atoms with Crippen molar-refractivity contribution < 1.29 is 9.63 Å². The molecular weight excluding hydrogens is 308 g/mol. The predicted molar refractivity (Wildman–Crippen MR) is 75.7 cm³/mol. The predicted octanol–water partition coefficient (Wildman–Crippen LogP) is 2.79. The van der Waals surface area contributed by atoms with Gasteiger partial charge in [-0.25, -0.2) is 0 Å². The van der Waals surface area contributed by atoms with Crippen molar-refractivity contribution in [3.05, 3.63) is 34.3 Å². The number of hydrogen-bond acceptors (Lipinski definition) is 3. The van der Waals surface area contributed by atoms with Gasteiger partial charge in [0.25, 0.3) is 0 Å². The molecule has 0 bridgehead atoms. The Kier molecular flexibility index (Phi) is 2.89. The van der Waals surface area contributed by atoms with Gasteiger partial charge >= 0.3 is 0 Å². The van der Waals surface area contributed by atoms with Crippen LogP contribution >= 0.6 is 15.9 Å². The maximum atomic E-state index is 11.9. The normalized spacial score (nSPS) is 33.2. The van der Waals surface area contributed by atoms with E-state index in [1.165, 1.54) is 0 Å². The first kappa shape index (κ1) is 12.7. The Labute approximate surface area is 120 Å². The lowest BCUT2D eigenvalue weighted by atomic mass is 9.73. The molecule has 0 radical (unpaired) electrons. The van der Waals surface area contributed by atoms with Gasteiger partial charge in [-0.2, -0.15) is 0 Å². The van der Waals surface area contributed by atoms with Crippen molar-refractivity contribution in [2.75, 3.05) is 0 Å². The summed E-state index contributed by atoms with van der Waals surface area (Å²) < 4.78 is 1.03. The molecule has 2 aliphatic heterocycles. The fraction of sp³-hybridized carbons (Fsp3) is 0.429. The summed E-state index contributed by atoms with van der Waals surface area (Å²) in [5.74, 6) is 0.209. The second kappa shape index (κ2) is 4.34. The number of amides is 1. The molecule has 1 amide bonds. The number of oxime groups is 1. The van der Waals surface area contributed by atoms with Gasteiger partial charge in [0.05, 0.1) is 11.6 Å². The van der Waals surface area contributed by atoms with Crippen molar-refractivity contribution in [2.45, 2.75) is 31.9 Å². The van der Waals surface area contributed by atoms with Crippen LogP contribution in [0.25, 0.3) is 0 Å². The summed E-state index contributed by atoms with van der Waals surface area (Å²) in [5.41, 5.74) is 1.38. The van der Waals surface area contributed by atoms with Crippen LogP contribution in [0.1, 0.15) is 31.7 Å². The first-order chi connectivity index (χ1) is 8.99. The standard InChI is InChI=1S/C14H15BrN2O2/c1-8-13-11(9-3-5-10(15)6-4-9)7-12(18)16-14(13,2)19-17-8/h3-6,11,13H,7H2,1-2H3,(H,16,18)/t11-,13-,14-/m1/s1. The summed E-state index contributed by atoms with van der Waals surface area (Å²) in [4.78, 5) is 17.4. The van der Waals surface area contributed by atoms with E-state index < -0.39 is 5.72 Å². The number of piperidine rings is 1. The van der Waals surface area contributed by atoms with E-state index in [-0.39, 0.29) is 17.7 Å². The Morgan fingerprint density at radius 1 is 1.42 bits per heavy atom. The molecule has 0 aromatic heterocycles. The molecular formula is C14H15BrN2O2. The maximum absolute atomic E-state index is 11.9. The number of rotatable bonds is 1. The van der Waals surface area contributed by atoms with Crippen LogP contribution in [0.4, 0.5) is 0 Å². The van der Waals surface area contributed by atoms with E-state index in [1.54, 1.807) is 0 Å². The third kappa shape index (κ3) is 2.06. The molecule has 19 heavy (non-hydrogen) atoms. The molecule has 2 heterocycles. The van der Waals surface area contributed by atoms with Gasteiger partial charge in [-0.15, -0.1) is 0 Å². The van der Waals surface area contributed by atoms with Crippen LogP contribution in [0.5, 0.6) is 0 Å². The van der Waals surface area contributed by atoms with Crippen LogP contribution in [0.3, 0.4) is 0 Å². The highest BCUT2D eigenvalue weighted by molar-refractivity contribution is 9.10. The molecule has 0 aliphatic carbocycles. The average molecular weight is 323 g/mol. The average Bonchev–Trinajstić information content (AvgIpc) is 2.65. The summed E-state index contributed by atoms with van der Waals surface area (Å²) in [6.07, 6.45) is 0.470. The van der Waals surface area contributed by atoms with E-state index in [0.29, 0.717) is 6.42 Å². The molecule has 1 saturated heterocycles. The van der Waals surface area contributed by atoms with E-state index in [9.17, 15) is 4.79 Å². The van der Waals surface area contributed by atoms with E-state index in [0.717, 1.165) is 15.7 Å². The van der Waals surface area contributed by atoms with Crippen molar-refractivity contribution in [3.63, 3.8) is 0 Å². The Balaban J connectivity index is 2.01. The Morgan fingerprint density at radius 3 is 2.79 bits per heavy atom. The molecule has 2 aliphatic rings. The number of carbonyl (C=O) groups is 1. The van der Waals surface area contributed by atoms with Crippen LogP contribution in [0.15, 0.2) is 33.9 Å². The Morgan fingerprint density at radius 2 is 2.11 bits per heavy atom. The van der Waals surface area contributed by atoms with Gasteiger partial charge in [-0.1, -0.05) is 33.2 Å². The summed E-state index contributed by atoms with van der Waals surface area (Å²) in [6, 6.07) is 8.11. The van der Waals surface area contributed by atoms with Crippen molar-refractivity contribution in [2.24, 2.45) is 11.1 Å².